The van der Waals surface area contributed by atoms with Crippen LogP contribution < -0.4 is 10.7 Å². The first-order chi connectivity index (χ1) is 30.2. The predicted octanol–water partition coefficient (Wildman–Crippen LogP) is 6.75. The summed E-state index contributed by atoms with van der Waals surface area (Å²) < 4.78 is 13.5. The molecule has 14 heteroatoms. The van der Waals surface area contributed by atoms with Crippen molar-refractivity contribution in [2.24, 2.45) is 11.3 Å². The van der Waals surface area contributed by atoms with E-state index < -0.39 is 17.5 Å². The summed E-state index contributed by atoms with van der Waals surface area (Å²) in [6.07, 6.45) is 7.40. The molecule has 3 amide bonds. The molecule has 0 saturated carbocycles. The quantitative estimate of drug-likeness (QED) is 0.0763. The Bertz CT molecular complexity index is 2380. The van der Waals surface area contributed by atoms with Gasteiger partial charge in [0.1, 0.15) is 12.1 Å². The Labute approximate surface area is 371 Å². The number of imidazole rings is 1. The van der Waals surface area contributed by atoms with E-state index in [1.165, 1.54) is 11.2 Å². The number of carbonyl (C=O) groups excluding carboxylic acids is 4. The summed E-state index contributed by atoms with van der Waals surface area (Å²) in [5.41, 5.74) is 12.4. The number of likely N-dealkylation sites (N-methyl/N-ethyl adjacent to an activating group) is 1. The Morgan fingerprint density at radius 3 is 2.52 bits per heavy atom. The van der Waals surface area contributed by atoms with Crippen molar-refractivity contribution >= 4 is 35.1 Å². The van der Waals surface area contributed by atoms with Crippen molar-refractivity contribution in [2.45, 2.75) is 105 Å². The van der Waals surface area contributed by atoms with E-state index in [2.05, 4.69) is 88.5 Å². The SMILES string of the molecule is CCn1c(-c2cccnc2C(C)OC)c(CC(C)(C)COC=O)c2cc(-c3cc(C)cc(CC(NC(=O)C(C(C)C)N(C)C(=O)Cc4cnc[nH]4)C(=O)N4CCCCN4)c3)ccc21. The maximum absolute atomic E-state index is 14.3. The fraction of sp³-hybridized carbons (Fsp3) is 0.469. The van der Waals surface area contributed by atoms with Crippen molar-refractivity contribution in [1.82, 2.24) is 40.2 Å². The van der Waals surface area contributed by atoms with E-state index in [4.69, 9.17) is 14.5 Å². The zero-order valence-electron chi connectivity index (χ0n) is 38.3. The average molecular weight is 861 g/mol. The molecule has 14 nitrogen and oxygen atoms in total. The number of benzene rings is 2. The van der Waals surface area contributed by atoms with Crippen LogP contribution in [-0.2, 0) is 54.5 Å². The molecule has 1 fully saturated rings. The molecule has 2 aromatic carbocycles. The second kappa shape index (κ2) is 20.5. The number of hydrogen-bond donors (Lipinski definition) is 3. The van der Waals surface area contributed by atoms with Crippen LogP contribution in [0.15, 0.2) is 67.3 Å². The highest BCUT2D eigenvalue weighted by atomic mass is 16.5. The number of aromatic amines is 1. The van der Waals surface area contributed by atoms with Gasteiger partial charge in [0.15, 0.2) is 0 Å². The number of rotatable bonds is 19. The molecule has 1 aliphatic heterocycles. The number of aryl methyl sites for hydroxylation is 2. The standard InChI is InChI=1S/C49H64N8O6/c1-10-56-42-16-15-35(24-39(42)40(26-49(6,7)28-63-30-58)46(56)38-14-13-17-51-44(38)33(5)62-9)36-21-32(4)20-34(22-36)23-41(48(61)57-19-12-11-18-53-57)54-47(60)45(31(2)3)55(8)43(59)25-37-27-50-29-52-37/h13-17,20-22,24,27,29-31,33,41,45,53H,10-12,18-19,23,25-26,28H2,1-9H3,(H,50,52)(H,54,60). The molecule has 1 aliphatic rings. The zero-order chi connectivity index (χ0) is 45.4. The van der Waals surface area contributed by atoms with Crippen LogP contribution in [0.1, 0.15) is 88.6 Å². The molecule has 4 heterocycles. The van der Waals surface area contributed by atoms with Gasteiger partial charge in [-0.15, -0.1) is 0 Å². The summed E-state index contributed by atoms with van der Waals surface area (Å²) in [5, 5.41) is 5.80. The van der Waals surface area contributed by atoms with Crippen LogP contribution in [0.3, 0.4) is 0 Å². The van der Waals surface area contributed by atoms with Gasteiger partial charge in [-0.05, 0) is 92.5 Å². The van der Waals surface area contributed by atoms with E-state index in [0.29, 0.717) is 38.2 Å². The molecule has 0 aliphatic carbocycles. The van der Waals surface area contributed by atoms with E-state index in [1.807, 2.05) is 33.8 Å². The molecule has 3 unspecified atom stereocenters. The minimum absolute atomic E-state index is 0.0702. The van der Waals surface area contributed by atoms with Gasteiger partial charge in [0.2, 0.25) is 11.8 Å². The number of pyridine rings is 1. The highest BCUT2D eigenvalue weighted by Crippen LogP contribution is 2.42. The number of carbonyl (C=O) groups is 4. The number of H-pyrrole nitrogens is 1. The zero-order valence-corrected chi connectivity index (χ0v) is 38.3. The monoisotopic (exact) mass is 860 g/mol. The normalized spacial score (nSPS) is 14.7. The Morgan fingerprint density at radius 1 is 1.06 bits per heavy atom. The summed E-state index contributed by atoms with van der Waals surface area (Å²) >= 11 is 0. The van der Waals surface area contributed by atoms with Crippen molar-refractivity contribution in [1.29, 1.82) is 0 Å². The van der Waals surface area contributed by atoms with E-state index in [0.717, 1.165) is 68.5 Å². The molecule has 5 aromatic rings. The number of methoxy groups -OCH3 is 1. The van der Waals surface area contributed by atoms with Crippen LogP contribution in [0.5, 0.6) is 0 Å². The molecule has 0 spiro atoms. The van der Waals surface area contributed by atoms with Crippen LogP contribution in [0.4, 0.5) is 0 Å². The van der Waals surface area contributed by atoms with E-state index in [-0.39, 0.29) is 49.2 Å². The fourth-order valence-electron chi connectivity index (χ4n) is 8.92. The van der Waals surface area contributed by atoms with Gasteiger partial charge >= 0.3 is 0 Å². The maximum atomic E-state index is 14.3. The molecule has 63 heavy (non-hydrogen) atoms. The Kier molecular flexibility index (Phi) is 15.2. The summed E-state index contributed by atoms with van der Waals surface area (Å²) in [5.74, 6) is -1.07. The molecule has 0 radical (unpaired) electrons. The number of ether oxygens (including phenoxy) is 2. The average Bonchev–Trinajstić information content (AvgIpc) is 3.89. The van der Waals surface area contributed by atoms with Crippen LogP contribution in [0.2, 0.25) is 0 Å². The third kappa shape index (κ3) is 10.9. The molecule has 3 N–H and O–H groups in total. The van der Waals surface area contributed by atoms with E-state index in [9.17, 15) is 19.2 Å². The highest BCUT2D eigenvalue weighted by molar-refractivity contribution is 5.96. The minimum atomic E-state index is -0.899. The topological polar surface area (TPSA) is 164 Å². The highest BCUT2D eigenvalue weighted by Gasteiger charge is 2.35. The first kappa shape index (κ1) is 46.6. The van der Waals surface area contributed by atoms with Crippen LogP contribution in [0, 0.1) is 18.3 Å². The molecule has 336 valence electrons. The number of aromatic nitrogens is 4. The van der Waals surface area contributed by atoms with Crippen LogP contribution in [0.25, 0.3) is 33.3 Å². The fourth-order valence-corrected chi connectivity index (χ4v) is 8.92. The Balaban J connectivity index is 1.40. The third-order valence-electron chi connectivity index (χ3n) is 12.0. The van der Waals surface area contributed by atoms with Crippen molar-refractivity contribution in [3.63, 3.8) is 0 Å². The molecule has 3 aromatic heterocycles. The second-order valence-corrected chi connectivity index (χ2v) is 17.9. The first-order valence-corrected chi connectivity index (χ1v) is 22.0. The van der Waals surface area contributed by atoms with Gasteiger partial charge < -0.3 is 29.2 Å². The van der Waals surface area contributed by atoms with Gasteiger partial charge in [-0.1, -0.05) is 57.5 Å². The molecule has 1 saturated heterocycles. The van der Waals surface area contributed by atoms with Crippen molar-refractivity contribution < 1.29 is 28.7 Å². The lowest BCUT2D eigenvalue weighted by Crippen LogP contribution is -2.59. The predicted molar refractivity (Wildman–Crippen MR) is 244 cm³/mol. The van der Waals surface area contributed by atoms with Crippen LogP contribution >= 0.6 is 0 Å². The number of nitrogens with one attached hydrogen (secondary N) is 3. The number of hydrazine groups is 1. The number of fused-ring (bicyclic) bond motifs is 1. The molecular weight excluding hydrogens is 797 g/mol. The molecule has 6 rings (SSSR count). The molecule has 3 atom stereocenters. The van der Waals surface area contributed by atoms with Crippen LogP contribution in [-0.4, -0.2) is 99.6 Å². The number of amides is 3. The smallest absolute Gasteiger partial charge is 0.293 e. The van der Waals surface area contributed by atoms with Gasteiger partial charge in [0, 0.05) is 80.2 Å². The van der Waals surface area contributed by atoms with E-state index >= 15 is 0 Å². The van der Waals surface area contributed by atoms with Gasteiger partial charge in [-0.25, -0.2) is 10.4 Å². The summed E-state index contributed by atoms with van der Waals surface area (Å²) in [6, 6.07) is 15.2. The van der Waals surface area contributed by atoms with Gasteiger partial charge in [-0.2, -0.15) is 0 Å². The minimum Gasteiger partial charge on any atom is -0.467 e. The van der Waals surface area contributed by atoms with Crippen molar-refractivity contribution in [2.75, 3.05) is 33.9 Å². The third-order valence-corrected chi connectivity index (χ3v) is 12.0. The number of nitrogens with zero attached hydrogens (tertiary/aromatic N) is 5. The summed E-state index contributed by atoms with van der Waals surface area (Å²) in [4.78, 5) is 66.6. The van der Waals surface area contributed by atoms with Crippen molar-refractivity contribution in [3.8, 4) is 22.4 Å². The lowest BCUT2D eigenvalue weighted by molar-refractivity contribution is -0.144. The van der Waals surface area contributed by atoms with Gasteiger partial charge in [-0.3, -0.25) is 29.2 Å². The van der Waals surface area contributed by atoms with E-state index in [1.54, 1.807) is 31.6 Å². The van der Waals surface area contributed by atoms with Gasteiger partial charge in [0.05, 0.1) is 36.8 Å². The second-order valence-electron chi connectivity index (χ2n) is 17.9. The summed E-state index contributed by atoms with van der Waals surface area (Å²) in [7, 11) is 3.32. The lowest BCUT2D eigenvalue weighted by atomic mass is 9.84. The maximum Gasteiger partial charge on any atom is 0.293 e. The lowest BCUT2D eigenvalue weighted by Gasteiger charge is -2.34. The molecular formula is C49H64N8O6. The van der Waals surface area contributed by atoms with Crippen molar-refractivity contribution in [3.05, 3.63) is 95.3 Å². The van der Waals surface area contributed by atoms with Gasteiger partial charge in [0.25, 0.3) is 12.4 Å². The summed E-state index contributed by atoms with van der Waals surface area (Å²) in [6.45, 7) is 16.8. The Morgan fingerprint density at radius 2 is 1.86 bits per heavy atom. The number of hydrogen-bond acceptors (Lipinski definition) is 9. The first-order valence-electron chi connectivity index (χ1n) is 22.0. The Hall–Kier alpha value is -5.86. The molecule has 0 bridgehead atoms. The largest absolute Gasteiger partial charge is 0.467 e.